The van der Waals surface area contributed by atoms with Crippen molar-refractivity contribution >= 4 is 15.9 Å². The second kappa shape index (κ2) is 4.96. The summed E-state index contributed by atoms with van der Waals surface area (Å²) in [5.41, 5.74) is 3.36. The third-order valence-corrected chi connectivity index (χ3v) is 5.65. The number of allylic oxidation sites excluding steroid dienone is 1. The first-order valence-corrected chi connectivity index (χ1v) is 8.47. The monoisotopic (exact) mass is 306 g/mol. The fraction of sp³-hybridized carbons (Fsp3) is 0.400. The van der Waals surface area contributed by atoms with E-state index < -0.39 is 21.5 Å². The number of amides is 1. The highest BCUT2D eigenvalue weighted by atomic mass is 32.2. The van der Waals surface area contributed by atoms with E-state index in [1.165, 1.54) is 12.1 Å². The molecular weight excluding hydrogens is 288 g/mol. The predicted octanol–water partition coefficient (Wildman–Crippen LogP) is 1.90. The van der Waals surface area contributed by atoms with E-state index in [9.17, 15) is 13.2 Å². The maximum atomic E-state index is 12.6. The van der Waals surface area contributed by atoms with Crippen molar-refractivity contribution < 1.29 is 13.2 Å². The number of carbonyl (C=O) groups is 1. The van der Waals surface area contributed by atoms with E-state index in [2.05, 4.69) is 5.43 Å². The molecule has 1 aliphatic carbocycles. The average Bonchev–Trinajstić information content (AvgIpc) is 2.77. The summed E-state index contributed by atoms with van der Waals surface area (Å²) in [6.07, 6.45) is 6.83. The lowest BCUT2D eigenvalue weighted by atomic mass is 9.86. The highest BCUT2D eigenvalue weighted by Crippen LogP contribution is 2.33. The van der Waals surface area contributed by atoms with Crippen molar-refractivity contribution in [2.24, 2.45) is 0 Å². The summed E-state index contributed by atoms with van der Waals surface area (Å²) in [7, 11) is -3.84. The number of benzene rings is 1. The number of carbonyl (C=O) groups excluding carboxylic acids is 1. The molecule has 1 saturated heterocycles. The number of hydrazine groups is 1. The molecule has 0 aromatic heterocycles. The molecule has 0 bridgehead atoms. The number of nitrogens with zero attached hydrogens (tertiary/aromatic N) is 1. The molecule has 1 unspecified atom stereocenters. The Morgan fingerprint density at radius 2 is 1.95 bits per heavy atom. The summed E-state index contributed by atoms with van der Waals surface area (Å²) in [6.45, 7) is 1.89. The zero-order valence-electron chi connectivity index (χ0n) is 11.9. The molecule has 1 N–H and O–H groups in total. The van der Waals surface area contributed by atoms with Crippen LogP contribution in [0.4, 0.5) is 0 Å². The average molecular weight is 306 g/mol. The third kappa shape index (κ3) is 2.49. The minimum absolute atomic E-state index is 0.130. The molecule has 21 heavy (non-hydrogen) atoms. The van der Waals surface area contributed by atoms with Crippen molar-refractivity contribution in [1.82, 2.24) is 9.84 Å². The largest absolute Gasteiger partial charge is 0.280 e. The second-order valence-corrected chi connectivity index (χ2v) is 7.50. The molecule has 1 aliphatic heterocycles. The third-order valence-electron chi connectivity index (χ3n) is 4.01. The Hall–Kier alpha value is -1.66. The van der Waals surface area contributed by atoms with Crippen LogP contribution in [0.5, 0.6) is 0 Å². The van der Waals surface area contributed by atoms with Crippen LogP contribution in [0.15, 0.2) is 41.3 Å². The molecule has 1 atom stereocenters. The first-order valence-electron chi connectivity index (χ1n) is 7.03. The van der Waals surface area contributed by atoms with E-state index >= 15 is 0 Å². The molecule has 0 saturated carbocycles. The molecule has 112 valence electrons. The van der Waals surface area contributed by atoms with Crippen molar-refractivity contribution in [2.75, 3.05) is 0 Å². The van der Waals surface area contributed by atoms with Gasteiger partial charge in [0, 0.05) is 0 Å². The molecule has 0 radical (unpaired) electrons. The van der Waals surface area contributed by atoms with E-state index in [0.29, 0.717) is 0 Å². The predicted molar refractivity (Wildman–Crippen MR) is 78.7 cm³/mol. The molecule has 1 fully saturated rings. The lowest BCUT2D eigenvalue weighted by Gasteiger charge is -2.28. The van der Waals surface area contributed by atoms with E-state index in [1.807, 2.05) is 19.1 Å². The van der Waals surface area contributed by atoms with Gasteiger partial charge in [0.25, 0.3) is 15.9 Å². The Morgan fingerprint density at radius 1 is 1.24 bits per heavy atom. The maximum Gasteiger partial charge on any atom is 0.280 e. The topological polar surface area (TPSA) is 66.5 Å². The Bertz CT molecular complexity index is 694. The summed E-state index contributed by atoms with van der Waals surface area (Å²) >= 11 is 0. The number of hydrogen-bond donors (Lipinski definition) is 1. The van der Waals surface area contributed by atoms with E-state index in [4.69, 9.17) is 0 Å². The Morgan fingerprint density at radius 3 is 2.57 bits per heavy atom. The highest BCUT2D eigenvalue weighted by Gasteiger charge is 2.46. The van der Waals surface area contributed by atoms with Crippen molar-refractivity contribution in [3.63, 3.8) is 0 Å². The van der Waals surface area contributed by atoms with Crippen LogP contribution in [-0.2, 0) is 14.8 Å². The Balaban J connectivity index is 1.93. The van der Waals surface area contributed by atoms with Crippen LogP contribution in [0.3, 0.4) is 0 Å². The first-order chi connectivity index (χ1) is 9.93. The zero-order chi connectivity index (χ0) is 15.1. The van der Waals surface area contributed by atoms with Gasteiger partial charge >= 0.3 is 0 Å². The molecule has 1 spiro atoms. The van der Waals surface area contributed by atoms with Crippen LogP contribution in [0.1, 0.15) is 31.2 Å². The lowest BCUT2D eigenvalue weighted by Crippen LogP contribution is -2.48. The van der Waals surface area contributed by atoms with Crippen molar-refractivity contribution in [3.8, 4) is 0 Å². The molecule has 3 rings (SSSR count). The van der Waals surface area contributed by atoms with Crippen LogP contribution in [0, 0.1) is 6.92 Å². The number of sulfonamides is 1. The SMILES string of the molecule is Cc1ccc(S(=O)(=O)N2NC3(C=CCCC3)CC2=O)cc1. The Labute approximate surface area is 124 Å². The van der Waals surface area contributed by atoms with E-state index in [-0.39, 0.29) is 11.3 Å². The molecule has 2 aliphatic rings. The normalized spacial score (nSPS) is 25.8. The summed E-state index contributed by atoms with van der Waals surface area (Å²) in [6, 6.07) is 6.51. The lowest BCUT2D eigenvalue weighted by molar-refractivity contribution is -0.124. The first kappa shape index (κ1) is 14.3. The standard InChI is InChI=1S/C15H18N2O3S/c1-12-5-7-13(8-6-12)21(19,20)17-14(18)11-15(16-17)9-3-2-4-10-15/h3,5-9,16H,2,4,10-11H2,1H3. The maximum absolute atomic E-state index is 12.6. The molecule has 5 nitrogen and oxygen atoms in total. The molecule has 6 heteroatoms. The van der Waals surface area contributed by atoms with Gasteiger partial charge in [-0.1, -0.05) is 29.8 Å². The Kier molecular flexibility index (Phi) is 3.37. The summed E-state index contributed by atoms with van der Waals surface area (Å²) in [4.78, 5) is 12.3. The van der Waals surface area contributed by atoms with E-state index in [0.717, 1.165) is 29.2 Å². The number of nitrogens with one attached hydrogen (secondary N) is 1. The van der Waals surface area contributed by atoms with Crippen molar-refractivity contribution in [3.05, 3.63) is 42.0 Å². The van der Waals surface area contributed by atoms with Crippen molar-refractivity contribution in [2.45, 2.75) is 43.0 Å². The van der Waals surface area contributed by atoms with Gasteiger partial charge in [-0.2, -0.15) is 12.8 Å². The van der Waals surface area contributed by atoms with Crippen LogP contribution in [-0.4, -0.2) is 24.3 Å². The zero-order valence-corrected chi connectivity index (χ0v) is 12.7. The van der Waals surface area contributed by atoms with Gasteiger partial charge in [0.2, 0.25) is 0 Å². The van der Waals surface area contributed by atoms with Gasteiger partial charge in [-0.25, -0.2) is 5.43 Å². The fourth-order valence-electron chi connectivity index (χ4n) is 2.82. The van der Waals surface area contributed by atoms with Gasteiger partial charge in [0.15, 0.2) is 0 Å². The molecule has 1 aromatic carbocycles. The van der Waals surface area contributed by atoms with Gasteiger partial charge < -0.3 is 0 Å². The van der Waals surface area contributed by atoms with Gasteiger partial charge in [0.05, 0.1) is 16.9 Å². The van der Waals surface area contributed by atoms with Gasteiger partial charge in [-0.3, -0.25) is 4.79 Å². The summed E-state index contributed by atoms with van der Waals surface area (Å²) in [5.74, 6) is -0.401. The summed E-state index contributed by atoms with van der Waals surface area (Å²) < 4.78 is 26.0. The van der Waals surface area contributed by atoms with Gasteiger partial charge in [0.1, 0.15) is 0 Å². The minimum atomic E-state index is -3.84. The molecular formula is C15H18N2O3S. The van der Waals surface area contributed by atoms with Crippen LogP contribution in [0.25, 0.3) is 0 Å². The quantitative estimate of drug-likeness (QED) is 0.848. The highest BCUT2D eigenvalue weighted by molar-refractivity contribution is 7.89. The van der Waals surface area contributed by atoms with Crippen LogP contribution in [0.2, 0.25) is 0 Å². The van der Waals surface area contributed by atoms with Crippen LogP contribution < -0.4 is 5.43 Å². The van der Waals surface area contributed by atoms with Crippen molar-refractivity contribution in [1.29, 1.82) is 0 Å². The number of rotatable bonds is 2. The van der Waals surface area contributed by atoms with E-state index in [1.54, 1.807) is 12.1 Å². The molecule has 1 amide bonds. The fourth-order valence-corrected chi connectivity index (χ4v) is 4.15. The van der Waals surface area contributed by atoms with Gasteiger partial charge in [-0.15, -0.1) is 0 Å². The van der Waals surface area contributed by atoms with Crippen LogP contribution >= 0.6 is 0 Å². The number of hydrogen-bond acceptors (Lipinski definition) is 4. The minimum Gasteiger partial charge on any atom is -0.272 e. The smallest absolute Gasteiger partial charge is 0.272 e. The van der Waals surface area contributed by atoms with Gasteiger partial charge in [-0.05, 0) is 38.3 Å². The molecule has 1 heterocycles. The number of aryl methyl sites for hydroxylation is 1. The molecule has 1 aromatic rings. The second-order valence-electron chi connectivity index (χ2n) is 5.72. The summed E-state index contributed by atoms with van der Waals surface area (Å²) in [5, 5.41) is 0.